The van der Waals surface area contributed by atoms with Crippen molar-refractivity contribution in [1.82, 2.24) is 15.5 Å². The number of nitrogens with two attached hydrogens (primary N) is 1. The second-order valence-electron chi connectivity index (χ2n) is 8.84. The highest BCUT2D eigenvalue weighted by Crippen LogP contribution is 2.20. The van der Waals surface area contributed by atoms with Gasteiger partial charge in [-0.2, -0.15) is 11.8 Å². The van der Waals surface area contributed by atoms with Crippen molar-refractivity contribution < 1.29 is 39.3 Å². The molecule has 204 valence electrons. The number of nitrogens with zero attached hydrogens (tertiary/aromatic N) is 1. The van der Waals surface area contributed by atoms with Crippen LogP contribution in [0.4, 0.5) is 0 Å². The van der Waals surface area contributed by atoms with Crippen molar-refractivity contribution in [2.24, 2.45) is 5.73 Å². The number of amides is 3. The van der Waals surface area contributed by atoms with Crippen LogP contribution >= 0.6 is 11.8 Å². The van der Waals surface area contributed by atoms with Crippen LogP contribution in [0.2, 0.25) is 0 Å². The lowest BCUT2D eigenvalue weighted by atomic mass is 10.0. The van der Waals surface area contributed by atoms with Gasteiger partial charge in [-0.25, -0.2) is 4.79 Å². The average Bonchev–Trinajstić information content (AvgIpc) is 3.34. The van der Waals surface area contributed by atoms with Crippen LogP contribution < -0.4 is 16.4 Å². The Morgan fingerprint density at radius 3 is 2.35 bits per heavy atom. The van der Waals surface area contributed by atoms with E-state index in [1.165, 1.54) is 28.8 Å². The topological polar surface area (TPSA) is 199 Å². The van der Waals surface area contributed by atoms with Crippen LogP contribution in [0.1, 0.15) is 37.7 Å². The SMILES string of the molecule is CSCCC(NC(=O)C(CCC(=O)O)NC(=O)C1CCCN1C(=O)C(N)Cc1ccc(O)cc1)C(=O)O. The molecular weight excluding hydrogens is 504 g/mol. The van der Waals surface area contributed by atoms with Gasteiger partial charge in [0.25, 0.3) is 0 Å². The lowest BCUT2D eigenvalue weighted by Gasteiger charge is -2.28. The van der Waals surface area contributed by atoms with Crippen LogP contribution in [0.3, 0.4) is 0 Å². The maximum absolute atomic E-state index is 13.1. The molecule has 37 heavy (non-hydrogen) atoms. The number of benzene rings is 1. The number of phenols is 1. The number of thioether (sulfide) groups is 1. The molecule has 0 saturated carbocycles. The smallest absolute Gasteiger partial charge is 0.326 e. The number of carbonyl (C=O) groups excluding carboxylic acids is 3. The minimum atomic E-state index is -1.29. The Morgan fingerprint density at radius 1 is 1.08 bits per heavy atom. The highest BCUT2D eigenvalue weighted by molar-refractivity contribution is 7.98. The Morgan fingerprint density at radius 2 is 1.76 bits per heavy atom. The minimum absolute atomic E-state index is 0.0837. The Balaban J connectivity index is 2.08. The number of phenolic OH excluding ortho intramolecular Hbond substituents is 1. The number of hydrogen-bond acceptors (Lipinski definition) is 8. The second kappa shape index (κ2) is 14.4. The van der Waals surface area contributed by atoms with Crippen LogP contribution in [-0.4, -0.2) is 92.6 Å². The fourth-order valence-electron chi connectivity index (χ4n) is 4.06. The molecule has 1 fully saturated rings. The summed E-state index contributed by atoms with van der Waals surface area (Å²) in [6, 6.07) is 1.95. The van der Waals surface area contributed by atoms with Crippen molar-refractivity contribution in [3.8, 4) is 5.75 Å². The molecule has 2 rings (SSSR count). The number of carboxylic acids is 2. The van der Waals surface area contributed by atoms with E-state index in [9.17, 15) is 34.2 Å². The summed E-state index contributed by atoms with van der Waals surface area (Å²) in [5, 5.41) is 32.8. The standard InChI is InChI=1S/C24H34N4O8S/c1-37-12-10-18(24(35)36)27-21(32)17(8-9-20(30)31)26-22(33)19-3-2-11-28(19)23(34)16(25)13-14-4-6-15(29)7-5-14/h4-7,16-19,29H,2-3,8-13,25H2,1H3,(H,26,33)(H,27,32)(H,30,31)(H,35,36). The molecule has 1 aliphatic heterocycles. The van der Waals surface area contributed by atoms with Crippen molar-refractivity contribution >= 4 is 41.4 Å². The molecule has 0 radical (unpaired) electrons. The van der Waals surface area contributed by atoms with Gasteiger partial charge in [-0.3, -0.25) is 19.2 Å². The molecule has 0 spiro atoms. The molecular formula is C24H34N4O8S. The molecule has 1 aromatic carbocycles. The third kappa shape index (κ3) is 9.25. The summed E-state index contributed by atoms with van der Waals surface area (Å²) < 4.78 is 0. The van der Waals surface area contributed by atoms with Crippen molar-refractivity contribution in [3.05, 3.63) is 29.8 Å². The molecule has 1 saturated heterocycles. The summed E-state index contributed by atoms with van der Waals surface area (Å²) in [6.45, 7) is 0.294. The van der Waals surface area contributed by atoms with E-state index in [-0.39, 0.29) is 25.0 Å². The van der Waals surface area contributed by atoms with Gasteiger partial charge in [0.2, 0.25) is 17.7 Å². The first-order chi connectivity index (χ1) is 17.5. The van der Waals surface area contributed by atoms with Gasteiger partial charge >= 0.3 is 11.9 Å². The van der Waals surface area contributed by atoms with Crippen LogP contribution in [-0.2, 0) is 30.4 Å². The van der Waals surface area contributed by atoms with Crippen LogP contribution in [0.15, 0.2) is 24.3 Å². The van der Waals surface area contributed by atoms with Gasteiger partial charge in [-0.15, -0.1) is 0 Å². The highest BCUT2D eigenvalue weighted by Gasteiger charge is 2.38. The number of aromatic hydroxyl groups is 1. The maximum atomic E-state index is 13.1. The molecule has 1 aromatic rings. The Labute approximate surface area is 219 Å². The van der Waals surface area contributed by atoms with E-state index < -0.39 is 60.2 Å². The van der Waals surface area contributed by atoms with Gasteiger partial charge in [-0.1, -0.05) is 12.1 Å². The predicted molar refractivity (Wildman–Crippen MR) is 136 cm³/mol. The predicted octanol–water partition coefficient (Wildman–Crippen LogP) is -0.0749. The van der Waals surface area contributed by atoms with E-state index in [1.54, 1.807) is 18.4 Å². The number of nitrogens with one attached hydrogen (secondary N) is 2. The molecule has 4 unspecified atom stereocenters. The molecule has 0 aromatic heterocycles. The average molecular weight is 539 g/mol. The zero-order valence-electron chi connectivity index (χ0n) is 20.6. The quantitative estimate of drug-likeness (QED) is 0.186. The van der Waals surface area contributed by atoms with Gasteiger partial charge in [0.05, 0.1) is 6.04 Å². The zero-order chi connectivity index (χ0) is 27.5. The molecule has 4 atom stereocenters. The number of carboxylic acid groups (broad SMARTS) is 2. The van der Waals surface area contributed by atoms with Crippen LogP contribution in [0, 0.1) is 0 Å². The summed E-state index contributed by atoms with van der Waals surface area (Å²) in [4.78, 5) is 62.9. The molecule has 7 N–H and O–H groups in total. The molecule has 12 nitrogen and oxygen atoms in total. The number of likely N-dealkylation sites (tertiary alicyclic amines) is 1. The monoisotopic (exact) mass is 538 g/mol. The van der Waals surface area contributed by atoms with E-state index >= 15 is 0 Å². The normalized spacial score (nSPS) is 17.5. The molecule has 1 heterocycles. The summed E-state index contributed by atoms with van der Waals surface area (Å²) in [5.74, 6) is -3.73. The van der Waals surface area contributed by atoms with Crippen molar-refractivity contribution in [3.63, 3.8) is 0 Å². The molecule has 1 aliphatic rings. The van der Waals surface area contributed by atoms with Gasteiger partial charge in [0.1, 0.15) is 23.9 Å². The van der Waals surface area contributed by atoms with Gasteiger partial charge in [-0.05, 0) is 61.8 Å². The summed E-state index contributed by atoms with van der Waals surface area (Å²) in [6.07, 6.45) is 2.35. The number of aliphatic carboxylic acids is 2. The van der Waals surface area contributed by atoms with E-state index in [0.717, 1.165) is 5.56 Å². The molecule has 3 amide bonds. The minimum Gasteiger partial charge on any atom is -0.508 e. The van der Waals surface area contributed by atoms with Gasteiger partial charge in [0.15, 0.2) is 0 Å². The number of carbonyl (C=O) groups is 5. The van der Waals surface area contributed by atoms with Crippen molar-refractivity contribution in [2.75, 3.05) is 18.6 Å². The summed E-state index contributed by atoms with van der Waals surface area (Å²) in [7, 11) is 0. The summed E-state index contributed by atoms with van der Waals surface area (Å²) >= 11 is 1.41. The molecule has 13 heteroatoms. The number of hydrogen-bond donors (Lipinski definition) is 6. The third-order valence-corrected chi connectivity index (χ3v) is 6.70. The van der Waals surface area contributed by atoms with Crippen molar-refractivity contribution in [2.45, 2.75) is 62.7 Å². The summed E-state index contributed by atoms with van der Waals surface area (Å²) in [5.41, 5.74) is 6.85. The van der Waals surface area contributed by atoms with Crippen LogP contribution in [0.25, 0.3) is 0 Å². The maximum Gasteiger partial charge on any atom is 0.326 e. The van der Waals surface area contributed by atoms with Crippen LogP contribution in [0.5, 0.6) is 5.75 Å². The Bertz CT molecular complexity index is 974. The Kier molecular flexibility index (Phi) is 11.7. The van der Waals surface area contributed by atoms with E-state index in [2.05, 4.69) is 10.6 Å². The largest absolute Gasteiger partial charge is 0.508 e. The molecule has 0 aliphatic carbocycles. The first-order valence-corrected chi connectivity index (χ1v) is 13.3. The van der Waals surface area contributed by atoms with E-state index in [1.807, 2.05) is 0 Å². The second-order valence-corrected chi connectivity index (χ2v) is 9.83. The number of rotatable bonds is 14. The van der Waals surface area contributed by atoms with Gasteiger partial charge < -0.3 is 36.6 Å². The zero-order valence-corrected chi connectivity index (χ0v) is 21.4. The Hall–Kier alpha value is -3.32. The third-order valence-electron chi connectivity index (χ3n) is 6.05. The lowest BCUT2D eigenvalue weighted by Crippen LogP contribution is -2.56. The highest BCUT2D eigenvalue weighted by atomic mass is 32.2. The van der Waals surface area contributed by atoms with Crippen molar-refractivity contribution in [1.29, 1.82) is 0 Å². The van der Waals surface area contributed by atoms with E-state index in [0.29, 0.717) is 25.1 Å². The fourth-order valence-corrected chi connectivity index (χ4v) is 4.53. The lowest BCUT2D eigenvalue weighted by molar-refractivity contribution is -0.143. The fraction of sp³-hybridized carbons (Fsp3) is 0.542. The molecule has 0 bridgehead atoms. The van der Waals surface area contributed by atoms with Gasteiger partial charge in [0, 0.05) is 13.0 Å². The first kappa shape index (κ1) is 29.9. The van der Waals surface area contributed by atoms with E-state index in [4.69, 9.17) is 10.8 Å². The first-order valence-electron chi connectivity index (χ1n) is 11.9.